The summed E-state index contributed by atoms with van der Waals surface area (Å²) in [6, 6.07) is 12.5. The molecule has 2 aromatic carbocycles. The average molecular weight is 388 g/mol. The molecular formula is C24H24N2O3. The van der Waals surface area contributed by atoms with Crippen molar-refractivity contribution >= 4 is 29.1 Å². The predicted octanol–water partition coefficient (Wildman–Crippen LogP) is 4.40. The van der Waals surface area contributed by atoms with E-state index in [0.717, 1.165) is 22.4 Å². The third-order valence-electron chi connectivity index (χ3n) is 6.07. The summed E-state index contributed by atoms with van der Waals surface area (Å²) in [6.45, 7) is 5.92. The summed E-state index contributed by atoms with van der Waals surface area (Å²) in [7, 11) is 0. The molecule has 29 heavy (non-hydrogen) atoms. The molecule has 5 nitrogen and oxygen atoms in total. The van der Waals surface area contributed by atoms with E-state index < -0.39 is 0 Å². The minimum Gasteiger partial charge on any atom is -0.322 e. The van der Waals surface area contributed by atoms with Gasteiger partial charge in [-0.3, -0.25) is 14.4 Å². The van der Waals surface area contributed by atoms with E-state index in [1.807, 2.05) is 45.0 Å². The molecule has 1 aliphatic carbocycles. The summed E-state index contributed by atoms with van der Waals surface area (Å²) >= 11 is 0. The maximum absolute atomic E-state index is 13.1. The number of hydrogen-bond acceptors (Lipinski definition) is 3. The third kappa shape index (κ3) is 3.27. The van der Waals surface area contributed by atoms with E-state index in [4.69, 9.17) is 0 Å². The van der Waals surface area contributed by atoms with Crippen LogP contribution in [-0.4, -0.2) is 17.7 Å². The minimum absolute atomic E-state index is 0.209. The molecule has 1 saturated heterocycles. The molecular weight excluding hydrogens is 364 g/mol. The van der Waals surface area contributed by atoms with Gasteiger partial charge in [-0.25, -0.2) is 4.90 Å². The Morgan fingerprint density at radius 3 is 2.48 bits per heavy atom. The second kappa shape index (κ2) is 7.32. The monoisotopic (exact) mass is 388 g/mol. The third-order valence-corrected chi connectivity index (χ3v) is 6.07. The van der Waals surface area contributed by atoms with Gasteiger partial charge in [0.15, 0.2) is 0 Å². The van der Waals surface area contributed by atoms with E-state index in [0.29, 0.717) is 24.1 Å². The Bertz CT molecular complexity index is 1050. The van der Waals surface area contributed by atoms with Crippen molar-refractivity contribution in [2.75, 3.05) is 10.2 Å². The van der Waals surface area contributed by atoms with Crippen LogP contribution in [0.2, 0.25) is 0 Å². The van der Waals surface area contributed by atoms with Crippen LogP contribution < -0.4 is 10.2 Å². The van der Waals surface area contributed by atoms with Crippen molar-refractivity contribution < 1.29 is 14.4 Å². The van der Waals surface area contributed by atoms with Gasteiger partial charge in [-0.2, -0.15) is 0 Å². The van der Waals surface area contributed by atoms with Crippen molar-refractivity contribution in [1.82, 2.24) is 0 Å². The highest BCUT2D eigenvalue weighted by molar-refractivity contribution is 6.25. The van der Waals surface area contributed by atoms with Crippen LogP contribution in [0, 0.1) is 25.7 Å². The minimum atomic E-state index is -0.334. The van der Waals surface area contributed by atoms with E-state index >= 15 is 0 Å². The fourth-order valence-electron chi connectivity index (χ4n) is 4.21. The Labute approximate surface area is 170 Å². The number of nitrogens with one attached hydrogen (secondary N) is 1. The number of benzene rings is 2. The molecule has 3 amide bonds. The van der Waals surface area contributed by atoms with Gasteiger partial charge in [0.2, 0.25) is 11.8 Å². The first kappa shape index (κ1) is 19.1. The van der Waals surface area contributed by atoms with Crippen LogP contribution in [0.5, 0.6) is 0 Å². The van der Waals surface area contributed by atoms with Crippen LogP contribution in [-0.2, 0) is 9.59 Å². The second-order valence-electron chi connectivity index (χ2n) is 7.93. The van der Waals surface area contributed by atoms with Gasteiger partial charge in [0.05, 0.1) is 23.1 Å². The Balaban J connectivity index is 1.67. The smallest absolute Gasteiger partial charge is 0.257 e. The van der Waals surface area contributed by atoms with Crippen LogP contribution in [0.15, 0.2) is 54.1 Å². The molecule has 0 bridgehead atoms. The molecule has 1 aliphatic heterocycles. The lowest BCUT2D eigenvalue weighted by Crippen LogP contribution is -2.33. The molecule has 4 rings (SSSR count). The van der Waals surface area contributed by atoms with Crippen molar-refractivity contribution in [1.29, 1.82) is 0 Å². The number of nitrogens with zero attached hydrogens (tertiary/aromatic N) is 1. The number of carbonyl (C=O) groups is 3. The number of fused-ring (bicyclic) bond motifs is 1. The summed E-state index contributed by atoms with van der Waals surface area (Å²) in [5.41, 5.74) is 4.59. The molecule has 1 heterocycles. The summed E-state index contributed by atoms with van der Waals surface area (Å²) in [5.74, 6) is -1.42. The van der Waals surface area contributed by atoms with E-state index in [9.17, 15) is 14.4 Å². The van der Waals surface area contributed by atoms with Crippen LogP contribution in [0.25, 0.3) is 0 Å². The zero-order chi connectivity index (χ0) is 20.7. The number of allylic oxidation sites excluding steroid dienone is 2. The molecule has 1 fully saturated rings. The van der Waals surface area contributed by atoms with E-state index in [2.05, 4.69) is 5.32 Å². The number of aryl methyl sites for hydroxylation is 1. The van der Waals surface area contributed by atoms with Gasteiger partial charge in [-0.15, -0.1) is 0 Å². The second-order valence-corrected chi connectivity index (χ2v) is 7.93. The summed E-state index contributed by atoms with van der Waals surface area (Å²) in [4.78, 5) is 40.4. The number of anilines is 2. The van der Waals surface area contributed by atoms with Crippen molar-refractivity contribution in [2.24, 2.45) is 11.8 Å². The van der Waals surface area contributed by atoms with Crippen LogP contribution in [0.3, 0.4) is 0 Å². The first-order chi connectivity index (χ1) is 13.9. The highest BCUT2D eigenvalue weighted by atomic mass is 16.2. The summed E-state index contributed by atoms with van der Waals surface area (Å²) in [6.07, 6.45) is 3.21. The zero-order valence-corrected chi connectivity index (χ0v) is 16.9. The molecule has 1 N–H and O–H groups in total. The molecule has 2 aliphatic rings. The maximum atomic E-state index is 13.1. The lowest BCUT2D eigenvalue weighted by molar-refractivity contribution is -0.122. The SMILES string of the molecule is CC1=CC[C@H]2C(=O)N(c3ccccc3C(=O)Nc3cccc(C)c3C)C(=O)[C@H]2C1. The standard InChI is InChI=1S/C24H24N2O3/c1-14-11-12-17-19(13-14)24(29)26(23(17)28)21-10-5-4-8-18(21)22(27)25-20-9-6-7-15(2)16(20)3/h4-11,17,19H,12-13H2,1-3H3,(H,25,27)/t17-,19+/m1/s1. The zero-order valence-electron chi connectivity index (χ0n) is 16.9. The van der Waals surface area contributed by atoms with E-state index in [1.54, 1.807) is 24.3 Å². The number of hydrogen-bond donors (Lipinski definition) is 1. The van der Waals surface area contributed by atoms with Gasteiger partial charge in [-0.1, -0.05) is 35.9 Å². The van der Waals surface area contributed by atoms with E-state index in [1.165, 1.54) is 4.90 Å². The molecule has 2 atom stereocenters. The number of para-hydroxylation sites is 1. The number of amides is 3. The summed E-state index contributed by atoms with van der Waals surface area (Å²) < 4.78 is 0. The Morgan fingerprint density at radius 2 is 1.69 bits per heavy atom. The molecule has 148 valence electrons. The van der Waals surface area contributed by atoms with Crippen LogP contribution >= 0.6 is 0 Å². The first-order valence-corrected chi connectivity index (χ1v) is 9.88. The van der Waals surface area contributed by atoms with Gasteiger partial charge in [-0.05, 0) is 62.9 Å². The highest BCUT2D eigenvalue weighted by Gasteiger charge is 2.49. The lowest BCUT2D eigenvalue weighted by Gasteiger charge is -2.19. The predicted molar refractivity (Wildman–Crippen MR) is 113 cm³/mol. The Kier molecular flexibility index (Phi) is 4.82. The highest BCUT2D eigenvalue weighted by Crippen LogP contribution is 2.40. The van der Waals surface area contributed by atoms with Crippen molar-refractivity contribution in [3.05, 3.63) is 70.8 Å². The van der Waals surface area contributed by atoms with Gasteiger partial charge < -0.3 is 5.32 Å². The van der Waals surface area contributed by atoms with E-state index in [-0.39, 0.29) is 29.6 Å². The number of carbonyl (C=O) groups excluding carboxylic acids is 3. The van der Waals surface area contributed by atoms with Crippen molar-refractivity contribution in [2.45, 2.75) is 33.6 Å². The number of rotatable bonds is 3. The van der Waals surface area contributed by atoms with Gasteiger partial charge in [0.1, 0.15) is 0 Å². The normalized spacial score (nSPS) is 21.1. The molecule has 5 heteroatoms. The van der Waals surface area contributed by atoms with Crippen LogP contribution in [0.1, 0.15) is 41.3 Å². The Hall–Kier alpha value is -3.21. The van der Waals surface area contributed by atoms with Gasteiger partial charge >= 0.3 is 0 Å². The average Bonchev–Trinajstić information content (AvgIpc) is 2.95. The molecule has 0 radical (unpaired) electrons. The van der Waals surface area contributed by atoms with Gasteiger partial charge in [0, 0.05) is 5.69 Å². The maximum Gasteiger partial charge on any atom is 0.257 e. The molecule has 0 unspecified atom stereocenters. The van der Waals surface area contributed by atoms with Crippen LogP contribution in [0.4, 0.5) is 11.4 Å². The number of imide groups is 1. The fourth-order valence-corrected chi connectivity index (χ4v) is 4.21. The molecule has 0 aromatic heterocycles. The molecule has 0 spiro atoms. The van der Waals surface area contributed by atoms with Gasteiger partial charge in [0.25, 0.3) is 5.91 Å². The molecule has 2 aromatic rings. The quantitative estimate of drug-likeness (QED) is 0.626. The van der Waals surface area contributed by atoms with Crippen molar-refractivity contribution in [3.8, 4) is 0 Å². The largest absolute Gasteiger partial charge is 0.322 e. The summed E-state index contributed by atoms with van der Waals surface area (Å²) in [5, 5.41) is 2.93. The van der Waals surface area contributed by atoms with Crippen molar-refractivity contribution in [3.63, 3.8) is 0 Å². The topological polar surface area (TPSA) is 66.5 Å². The fraction of sp³-hybridized carbons (Fsp3) is 0.292. The first-order valence-electron chi connectivity index (χ1n) is 9.88. The Morgan fingerprint density at radius 1 is 0.966 bits per heavy atom. The molecule has 0 saturated carbocycles. The lowest BCUT2D eigenvalue weighted by atomic mass is 9.82.